The van der Waals surface area contributed by atoms with E-state index in [0.29, 0.717) is 57.8 Å². The first kappa shape index (κ1) is 30.6. The number of nitrogens with zero attached hydrogens (tertiary/aromatic N) is 1. The number of rotatable bonds is 9. The number of pyridine rings is 1. The molecule has 43 heavy (non-hydrogen) atoms. The van der Waals surface area contributed by atoms with Crippen LogP contribution in [0.15, 0.2) is 54.6 Å². The molecule has 7 nitrogen and oxygen atoms in total. The number of amides is 1. The number of esters is 1. The summed E-state index contributed by atoms with van der Waals surface area (Å²) in [5.41, 5.74) is 4.20. The van der Waals surface area contributed by atoms with Crippen LogP contribution >= 0.6 is 23.6 Å². The fourth-order valence-electron chi connectivity index (χ4n) is 5.15. The number of para-hydroxylation sites is 1. The predicted octanol–water partition coefficient (Wildman–Crippen LogP) is 7.82. The Morgan fingerprint density at radius 3 is 2.74 bits per heavy atom. The minimum atomic E-state index is -0.366. The van der Waals surface area contributed by atoms with E-state index >= 15 is 0 Å². The second-order valence-corrected chi connectivity index (χ2v) is 12.9. The van der Waals surface area contributed by atoms with E-state index in [9.17, 15) is 9.59 Å². The molecule has 4 aromatic rings. The van der Waals surface area contributed by atoms with Crippen LogP contribution in [0.3, 0.4) is 0 Å². The van der Waals surface area contributed by atoms with Gasteiger partial charge in [0.1, 0.15) is 10.8 Å². The summed E-state index contributed by atoms with van der Waals surface area (Å²) in [5, 5.41) is 7.44. The molecule has 0 fully saturated rings. The highest BCUT2D eigenvalue weighted by Crippen LogP contribution is 2.40. The Morgan fingerprint density at radius 2 is 1.95 bits per heavy atom. The number of ether oxygens (including phenoxy) is 2. The van der Waals surface area contributed by atoms with Gasteiger partial charge in [-0.2, -0.15) is 0 Å². The van der Waals surface area contributed by atoms with Gasteiger partial charge in [-0.05, 0) is 79.6 Å². The molecular weight excluding hydrogens is 579 g/mol. The zero-order valence-electron chi connectivity index (χ0n) is 25.0. The fraction of sp³-hybridized carbons (Fsp3) is 0.353. The van der Waals surface area contributed by atoms with Crippen molar-refractivity contribution >= 4 is 56.4 Å². The topological polar surface area (TPSA) is 89.6 Å². The molecule has 0 aliphatic heterocycles. The maximum absolute atomic E-state index is 13.7. The molecule has 2 N–H and O–H groups in total. The van der Waals surface area contributed by atoms with E-state index in [2.05, 4.69) is 31.4 Å². The normalized spacial score (nSPS) is 14.3. The van der Waals surface area contributed by atoms with Gasteiger partial charge in [-0.1, -0.05) is 58.0 Å². The molecule has 1 aliphatic rings. The van der Waals surface area contributed by atoms with Gasteiger partial charge >= 0.3 is 5.97 Å². The van der Waals surface area contributed by atoms with Crippen molar-refractivity contribution in [1.82, 2.24) is 10.3 Å². The standard InChI is InChI=1S/C34H37N3O4S2/c1-5-15-40-33(39)30-25-14-13-21(4)16-29(25)43-32(30)37-34(42)36-31(38)26-18-28(35-27-12-7-6-11-24(26)27)22-9-8-10-23(17-22)41-19-20(2)3/h6-12,17-18,20-21H,5,13-16,19H2,1-4H3,(H2,36,37,38,42)/t21-/m1/s1. The predicted molar refractivity (Wildman–Crippen MR) is 177 cm³/mol. The Morgan fingerprint density at radius 1 is 1.14 bits per heavy atom. The summed E-state index contributed by atoms with van der Waals surface area (Å²) in [5.74, 6) is 0.974. The smallest absolute Gasteiger partial charge is 0.341 e. The zero-order valence-corrected chi connectivity index (χ0v) is 26.6. The third kappa shape index (κ3) is 7.22. The van der Waals surface area contributed by atoms with Crippen LogP contribution in [0.2, 0.25) is 0 Å². The molecule has 1 aliphatic carbocycles. The van der Waals surface area contributed by atoms with Gasteiger partial charge in [0.25, 0.3) is 5.91 Å². The summed E-state index contributed by atoms with van der Waals surface area (Å²) in [6.07, 6.45) is 3.48. The number of anilines is 1. The first-order valence-corrected chi connectivity index (χ1v) is 16.0. The summed E-state index contributed by atoms with van der Waals surface area (Å²) in [7, 11) is 0. The number of carbonyl (C=O) groups is 2. The van der Waals surface area contributed by atoms with Crippen molar-refractivity contribution in [3.05, 3.63) is 76.2 Å². The van der Waals surface area contributed by atoms with Crippen molar-refractivity contribution in [1.29, 1.82) is 0 Å². The summed E-state index contributed by atoms with van der Waals surface area (Å²) in [6.45, 7) is 9.35. The Balaban J connectivity index is 1.41. The Kier molecular flexibility index (Phi) is 9.72. The molecule has 0 unspecified atom stereocenters. The molecule has 0 bridgehead atoms. The van der Waals surface area contributed by atoms with Gasteiger partial charge in [0.2, 0.25) is 0 Å². The lowest BCUT2D eigenvalue weighted by atomic mass is 9.88. The van der Waals surface area contributed by atoms with Gasteiger partial charge in [-0.15, -0.1) is 11.3 Å². The van der Waals surface area contributed by atoms with Gasteiger partial charge in [0, 0.05) is 15.8 Å². The zero-order chi connectivity index (χ0) is 30.5. The summed E-state index contributed by atoms with van der Waals surface area (Å²) in [6, 6.07) is 17.0. The number of thiophene rings is 1. The molecule has 0 saturated carbocycles. The van der Waals surface area contributed by atoms with E-state index in [1.807, 2.05) is 55.5 Å². The van der Waals surface area contributed by atoms with Crippen molar-refractivity contribution in [3.63, 3.8) is 0 Å². The molecule has 2 heterocycles. The molecule has 1 atom stereocenters. The van der Waals surface area contributed by atoms with Gasteiger partial charge in [-0.3, -0.25) is 10.1 Å². The SMILES string of the molecule is CCCOC(=O)c1c(NC(=S)NC(=O)c2cc(-c3cccc(OCC(C)C)c3)nc3ccccc23)sc2c1CC[C@@H](C)C2. The molecule has 0 radical (unpaired) electrons. The highest BCUT2D eigenvalue weighted by atomic mass is 32.1. The van der Waals surface area contributed by atoms with Crippen LogP contribution < -0.4 is 15.4 Å². The average molecular weight is 616 g/mol. The number of hydrogen-bond donors (Lipinski definition) is 2. The maximum atomic E-state index is 13.7. The quantitative estimate of drug-likeness (QED) is 0.147. The third-order valence-electron chi connectivity index (χ3n) is 7.28. The minimum Gasteiger partial charge on any atom is -0.493 e. The van der Waals surface area contributed by atoms with Gasteiger partial charge in [0.15, 0.2) is 5.11 Å². The first-order valence-electron chi connectivity index (χ1n) is 14.8. The Labute approximate surface area is 262 Å². The van der Waals surface area contributed by atoms with Crippen LogP contribution in [0, 0.1) is 11.8 Å². The average Bonchev–Trinajstić information content (AvgIpc) is 3.34. The highest BCUT2D eigenvalue weighted by molar-refractivity contribution is 7.80. The van der Waals surface area contributed by atoms with E-state index in [1.54, 1.807) is 6.07 Å². The number of fused-ring (bicyclic) bond motifs is 2. The van der Waals surface area contributed by atoms with Gasteiger partial charge in [-0.25, -0.2) is 9.78 Å². The molecule has 0 saturated heterocycles. The van der Waals surface area contributed by atoms with Gasteiger partial charge < -0.3 is 14.8 Å². The number of aromatic nitrogens is 1. The molecule has 0 spiro atoms. The lowest BCUT2D eigenvalue weighted by Crippen LogP contribution is -2.34. The number of hydrogen-bond acceptors (Lipinski definition) is 7. The monoisotopic (exact) mass is 615 g/mol. The summed E-state index contributed by atoms with van der Waals surface area (Å²) < 4.78 is 11.4. The molecular formula is C34H37N3O4S2. The fourth-order valence-corrected chi connectivity index (χ4v) is 6.81. The largest absolute Gasteiger partial charge is 0.493 e. The van der Waals surface area contributed by atoms with Gasteiger partial charge in [0.05, 0.1) is 35.6 Å². The van der Waals surface area contributed by atoms with Crippen LogP contribution in [0.5, 0.6) is 5.75 Å². The first-order chi connectivity index (χ1) is 20.7. The van der Waals surface area contributed by atoms with Crippen molar-refractivity contribution in [2.24, 2.45) is 11.8 Å². The molecule has 2 aromatic carbocycles. The number of carbonyl (C=O) groups excluding carboxylic acids is 2. The Bertz CT molecular complexity index is 1660. The van der Waals surface area contributed by atoms with E-state index in [0.717, 1.165) is 42.6 Å². The van der Waals surface area contributed by atoms with Crippen LogP contribution in [0.1, 0.15) is 71.7 Å². The van der Waals surface area contributed by atoms with Crippen molar-refractivity contribution in [2.75, 3.05) is 18.5 Å². The summed E-state index contributed by atoms with van der Waals surface area (Å²) >= 11 is 7.12. The lowest BCUT2D eigenvalue weighted by Gasteiger charge is -2.18. The molecule has 224 valence electrons. The van der Waals surface area contributed by atoms with Crippen LogP contribution in [0.4, 0.5) is 5.00 Å². The third-order valence-corrected chi connectivity index (χ3v) is 8.66. The van der Waals surface area contributed by atoms with E-state index < -0.39 is 0 Å². The summed E-state index contributed by atoms with van der Waals surface area (Å²) in [4.78, 5) is 32.8. The number of nitrogens with one attached hydrogen (secondary N) is 2. The molecule has 9 heteroatoms. The molecule has 1 amide bonds. The lowest BCUT2D eigenvalue weighted by molar-refractivity contribution is 0.0505. The second-order valence-electron chi connectivity index (χ2n) is 11.4. The van der Waals surface area contributed by atoms with E-state index in [4.69, 9.17) is 26.7 Å². The molecule has 2 aromatic heterocycles. The van der Waals surface area contributed by atoms with Crippen LogP contribution in [-0.4, -0.2) is 35.2 Å². The van der Waals surface area contributed by atoms with Crippen molar-refractivity contribution in [2.45, 2.75) is 53.4 Å². The van der Waals surface area contributed by atoms with Crippen LogP contribution in [0.25, 0.3) is 22.2 Å². The minimum absolute atomic E-state index is 0.118. The van der Waals surface area contributed by atoms with E-state index in [1.165, 1.54) is 16.2 Å². The Hall–Kier alpha value is -3.82. The number of benzene rings is 2. The maximum Gasteiger partial charge on any atom is 0.341 e. The van der Waals surface area contributed by atoms with Crippen LogP contribution in [-0.2, 0) is 17.6 Å². The number of thiocarbonyl (C=S) groups is 1. The highest BCUT2D eigenvalue weighted by Gasteiger charge is 2.29. The second kappa shape index (κ2) is 13.7. The molecule has 5 rings (SSSR count). The van der Waals surface area contributed by atoms with E-state index in [-0.39, 0.29) is 17.0 Å². The van der Waals surface area contributed by atoms with Crippen molar-refractivity contribution in [3.8, 4) is 17.0 Å². The van der Waals surface area contributed by atoms with Crippen molar-refractivity contribution < 1.29 is 19.1 Å².